The Labute approximate surface area is 275 Å². The molecule has 1 heterocycles. The van der Waals surface area contributed by atoms with Crippen LogP contribution >= 0.6 is 0 Å². The Kier molecular flexibility index (Phi) is 12.1. The molecule has 3 aliphatic rings. The fourth-order valence-corrected chi connectivity index (χ4v) is 6.73. The molecule has 0 aromatic heterocycles. The Hall–Kier alpha value is -2.98. The zero-order valence-corrected chi connectivity index (χ0v) is 29.4. The summed E-state index contributed by atoms with van der Waals surface area (Å²) in [6.07, 6.45) is 8.01. The Morgan fingerprint density at radius 1 is 0.913 bits per heavy atom. The molecule has 0 aromatic rings. The number of hydrogen-bond acceptors (Lipinski definition) is 6. The molecule has 3 fully saturated rings. The maximum absolute atomic E-state index is 14.4. The van der Waals surface area contributed by atoms with Crippen LogP contribution in [-0.2, 0) is 24.0 Å². The molecule has 11 heteroatoms. The van der Waals surface area contributed by atoms with Crippen LogP contribution in [0.5, 0.6) is 0 Å². The van der Waals surface area contributed by atoms with Crippen LogP contribution in [0.3, 0.4) is 0 Å². The van der Waals surface area contributed by atoms with Crippen LogP contribution in [0, 0.1) is 28.6 Å². The van der Waals surface area contributed by atoms with Gasteiger partial charge in [-0.3, -0.25) is 24.0 Å². The molecular weight excluding hydrogens is 586 g/mol. The van der Waals surface area contributed by atoms with Crippen LogP contribution in [-0.4, -0.2) is 70.4 Å². The second-order valence-electron chi connectivity index (χ2n) is 16.6. The summed E-state index contributed by atoms with van der Waals surface area (Å²) >= 11 is 0. The maximum Gasteiger partial charge on any atom is 0.315 e. The molecule has 11 nitrogen and oxygen atoms in total. The average Bonchev–Trinajstić information content (AvgIpc) is 3.66. The zero-order chi connectivity index (χ0) is 34.6. The molecule has 46 heavy (non-hydrogen) atoms. The largest absolute Gasteiger partial charge is 0.363 e. The van der Waals surface area contributed by atoms with Crippen molar-refractivity contribution in [2.45, 2.75) is 150 Å². The number of hydrogen-bond donors (Lipinski definition) is 4. The minimum Gasteiger partial charge on any atom is -0.363 e. The number of carbonyl (C=O) groups is 6. The van der Waals surface area contributed by atoms with Crippen molar-refractivity contribution in [1.82, 2.24) is 20.9 Å². The van der Waals surface area contributed by atoms with Gasteiger partial charge in [0, 0.05) is 23.9 Å². The SMILES string of the molecule is CC(C)[C@@H]1C[C@@H](C(=O)NC(CCC2CC2)C(=O)C(N)=O)N(C(=O)[C@@H](NC(=O)NC2(CC(=O)C(C)(C)C)CCCCC2)C(C)(C)C)C1. The van der Waals surface area contributed by atoms with Gasteiger partial charge in [-0.1, -0.05) is 87.5 Å². The van der Waals surface area contributed by atoms with E-state index in [0.29, 0.717) is 44.6 Å². The van der Waals surface area contributed by atoms with E-state index in [4.69, 9.17) is 5.73 Å². The van der Waals surface area contributed by atoms with Gasteiger partial charge in [-0.25, -0.2) is 4.79 Å². The molecule has 4 atom stereocenters. The molecular formula is C35H59N5O6. The van der Waals surface area contributed by atoms with Gasteiger partial charge in [0.1, 0.15) is 17.9 Å². The number of nitrogens with two attached hydrogens (primary N) is 1. The van der Waals surface area contributed by atoms with Crippen molar-refractivity contribution in [3.05, 3.63) is 0 Å². The number of carbonyl (C=O) groups excluding carboxylic acids is 6. The third-order valence-electron chi connectivity index (χ3n) is 10.2. The Bertz CT molecular complexity index is 1160. The highest BCUT2D eigenvalue weighted by atomic mass is 16.2. The van der Waals surface area contributed by atoms with E-state index in [-0.39, 0.29) is 29.9 Å². The zero-order valence-electron chi connectivity index (χ0n) is 29.4. The van der Waals surface area contributed by atoms with Gasteiger partial charge in [-0.2, -0.15) is 0 Å². The molecule has 0 radical (unpaired) electrons. The number of urea groups is 1. The van der Waals surface area contributed by atoms with Gasteiger partial charge in [0.05, 0.1) is 6.04 Å². The molecule has 3 rings (SSSR count). The van der Waals surface area contributed by atoms with Gasteiger partial charge >= 0.3 is 6.03 Å². The first-order valence-corrected chi connectivity index (χ1v) is 17.3. The summed E-state index contributed by atoms with van der Waals surface area (Å²) in [6, 6.07) is -3.38. The fourth-order valence-electron chi connectivity index (χ4n) is 6.73. The van der Waals surface area contributed by atoms with E-state index in [1.807, 2.05) is 55.4 Å². The highest BCUT2D eigenvalue weighted by Crippen LogP contribution is 2.36. The number of rotatable bonds is 13. The first-order chi connectivity index (χ1) is 21.2. The summed E-state index contributed by atoms with van der Waals surface area (Å²) in [4.78, 5) is 80.8. The van der Waals surface area contributed by atoms with E-state index < -0.39 is 58.1 Å². The number of ketones is 2. The molecule has 1 unspecified atom stereocenters. The van der Waals surface area contributed by atoms with Gasteiger partial charge in [0.2, 0.25) is 17.6 Å². The van der Waals surface area contributed by atoms with Crippen LogP contribution in [0.25, 0.3) is 0 Å². The first-order valence-electron chi connectivity index (χ1n) is 17.3. The monoisotopic (exact) mass is 645 g/mol. The fraction of sp³-hybridized carbons (Fsp3) is 0.829. The van der Waals surface area contributed by atoms with Crippen molar-refractivity contribution in [2.24, 2.45) is 34.3 Å². The number of amides is 5. The van der Waals surface area contributed by atoms with E-state index in [2.05, 4.69) is 16.0 Å². The number of primary amides is 1. The summed E-state index contributed by atoms with van der Waals surface area (Å²) in [6.45, 7) is 15.6. The molecule has 1 saturated heterocycles. The lowest BCUT2D eigenvalue weighted by molar-refractivity contribution is -0.143. The topological polar surface area (TPSA) is 168 Å². The van der Waals surface area contributed by atoms with Crippen molar-refractivity contribution < 1.29 is 28.8 Å². The van der Waals surface area contributed by atoms with E-state index >= 15 is 0 Å². The third-order valence-corrected chi connectivity index (χ3v) is 10.2. The molecule has 0 bridgehead atoms. The lowest BCUT2D eigenvalue weighted by atomic mass is 9.74. The van der Waals surface area contributed by atoms with E-state index in [1.165, 1.54) is 4.90 Å². The van der Waals surface area contributed by atoms with Crippen LogP contribution < -0.4 is 21.7 Å². The van der Waals surface area contributed by atoms with Crippen molar-refractivity contribution in [2.75, 3.05) is 6.54 Å². The lowest BCUT2D eigenvalue weighted by Gasteiger charge is -2.41. The molecule has 5 amide bonds. The second-order valence-corrected chi connectivity index (χ2v) is 16.6. The summed E-state index contributed by atoms with van der Waals surface area (Å²) in [5.41, 5.74) is 3.39. The average molecular weight is 646 g/mol. The molecule has 2 saturated carbocycles. The summed E-state index contributed by atoms with van der Waals surface area (Å²) in [5.74, 6) is -2.04. The van der Waals surface area contributed by atoms with Gasteiger partial charge < -0.3 is 26.6 Å². The van der Waals surface area contributed by atoms with Gasteiger partial charge in [-0.05, 0) is 55.3 Å². The molecule has 0 spiro atoms. The maximum atomic E-state index is 14.4. The highest BCUT2D eigenvalue weighted by Gasteiger charge is 2.47. The van der Waals surface area contributed by atoms with Crippen LogP contribution in [0.2, 0.25) is 0 Å². The van der Waals surface area contributed by atoms with Gasteiger partial charge in [-0.15, -0.1) is 0 Å². The number of Topliss-reactive ketones (excluding diaryl/α,β-unsaturated/α-hetero) is 2. The number of nitrogens with zero attached hydrogens (tertiary/aromatic N) is 1. The normalized spacial score (nSPS) is 22.9. The number of nitrogens with one attached hydrogen (secondary N) is 3. The molecule has 2 aliphatic carbocycles. The molecule has 1 aliphatic heterocycles. The van der Waals surface area contributed by atoms with E-state index in [9.17, 15) is 28.8 Å². The minimum atomic E-state index is -1.09. The smallest absolute Gasteiger partial charge is 0.315 e. The summed E-state index contributed by atoms with van der Waals surface area (Å²) in [7, 11) is 0. The van der Waals surface area contributed by atoms with E-state index in [0.717, 1.165) is 32.1 Å². The minimum absolute atomic E-state index is 0.0276. The standard InChI is InChI=1S/C35H59N5O6/c1-21(2)23-18-25(30(44)37-24(27(42)29(36)43)15-14-22-12-13-22)40(20-23)31(45)28(34(6,7)8)38-32(46)39-35(16-10-9-11-17-35)19-26(41)33(3,4)5/h21-25,28H,9-20H2,1-8H3,(H2,36,43)(H,37,44)(H2,38,39,46)/t23-,24?,25+,28-/m1/s1. The quantitative estimate of drug-likeness (QED) is 0.221. The molecule has 0 aromatic carbocycles. The van der Waals surface area contributed by atoms with Crippen LogP contribution in [0.15, 0.2) is 0 Å². The second kappa shape index (κ2) is 14.8. The summed E-state index contributed by atoms with van der Waals surface area (Å²) < 4.78 is 0. The molecule has 260 valence electrons. The van der Waals surface area contributed by atoms with Crippen molar-refractivity contribution in [3.8, 4) is 0 Å². The highest BCUT2D eigenvalue weighted by molar-refractivity contribution is 6.37. The number of likely N-dealkylation sites (tertiary alicyclic amines) is 1. The van der Waals surface area contributed by atoms with E-state index in [1.54, 1.807) is 0 Å². The van der Waals surface area contributed by atoms with Crippen LogP contribution in [0.4, 0.5) is 4.79 Å². The Balaban J connectivity index is 1.82. The van der Waals surface area contributed by atoms with Gasteiger partial charge in [0.25, 0.3) is 5.91 Å². The molecule has 5 N–H and O–H groups in total. The van der Waals surface area contributed by atoms with Crippen molar-refractivity contribution in [1.29, 1.82) is 0 Å². The van der Waals surface area contributed by atoms with Crippen LogP contribution in [0.1, 0.15) is 126 Å². The van der Waals surface area contributed by atoms with Crippen molar-refractivity contribution in [3.63, 3.8) is 0 Å². The first kappa shape index (κ1) is 37.5. The Morgan fingerprint density at radius 2 is 1.52 bits per heavy atom. The van der Waals surface area contributed by atoms with Crippen molar-refractivity contribution >= 4 is 35.3 Å². The lowest BCUT2D eigenvalue weighted by Crippen LogP contribution is -2.62. The van der Waals surface area contributed by atoms with Gasteiger partial charge in [0.15, 0.2) is 0 Å². The predicted molar refractivity (Wildman–Crippen MR) is 176 cm³/mol. The summed E-state index contributed by atoms with van der Waals surface area (Å²) in [5, 5.41) is 8.82. The Morgan fingerprint density at radius 3 is 2.02 bits per heavy atom. The third kappa shape index (κ3) is 10.0. The predicted octanol–water partition coefficient (Wildman–Crippen LogP) is 4.01.